The van der Waals surface area contributed by atoms with E-state index in [-0.39, 0.29) is 35.4 Å². The number of nitrogen functional groups attached to an aromatic ring is 1. The number of hydrogen-bond donors (Lipinski definition) is 2. The van der Waals surface area contributed by atoms with Crippen molar-refractivity contribution in [2.24, 2.45) is 5.73 Å². The Morgan fingerprint density at radius 2 is 1.77 bits per heavy atom. The summed E-state index contributed by atoms with van der Waals surface area (Å²) in [6.07, 6.45) is 2.03. The SMILES string of the molecule is N=C(N)c1ccc2cc([C-]=O)n(Cc3cccc4ccccc34)c2c1.[Na+]. The van der Waals surface area contributed by atoms with Gasteiger partial charge in [-0.05, 0) is 22.4 Å². The molecule has 0 aliphatic heterocycles. The molecule has 4 nitrogen and oxygen atoms in total. The summed E-state index contributed by atoms with van der Waals surface area (Å²) in [6.45, 7) is 0.552. The average molecular weight is 349 g/mol. The average Bonchev–Trinajstić information content (AvgIpc) is 2.99. The maximum Gasteiger partial charge on any atom is 1.00 e. The number of fused-ring (bicyclic) bond motifs is 2. The van der Waals surface area contributed by atoms with Crippen LogP contribution < -0.4 is 35.3 Å². The first-order chi connectivity index (χ1) is 12.2. The number of hydrogen-bond acceptors (Lipinski definition) is 2. The number of carbonyl (C=O) groups excluding carboxylic acids is 1. The van der Waals surface area contributed by atoms with Crippen LogP contribution in [0.25, 0.3) is 21.7 Å². The normalized spacial score (nSPS) is 10.6. The van der Waals surface area contributed by atoms with Gasteiger partial charge in [-0.2, -0.15) is 6.07 Å². The number of aromatic nitrogens is 1. The van der Waals surface area contributed by atoms with Crippen molar-refractivity contribution in [3.05, 3.63) is 83.6 Å². The van der Waals surface area contributed by atoms with Crippen molar-refractivity contribution < 1.29 is 34.4 Å². The third kappa shape index (κ3) is 3.19. The molecule has 0 radical (unpaired) electrons. The summed E-state index contributed by atoms with van der Waals surface area (Å²) >= 11 is 0. The third-order valence-corrected chi connectivity index (χ3v) is 4.53. The minimum atomic E-state index is 0. The molecule has 0 unspecified atom stereocenters. The molecule has 4 rings (SSSR count). The Morgan fingerprint density at radius 3 is 2.54 bits per heavy atom. The fourth-order valence-electron chi connectivity index (χ4n) is 3.28. The first-order valence-corrected chi connectivity index (χ1v) is 8.00. The van der Waals surface area contributed by atoms with Crippen LogP contribution in [0, 0.1) is 5.41 Å². The largest absolute Gasteiger partial charge is 1.00 e. The second-order valence-corrected chi connectivity index (χ2v) is 6.04. The van der Waals surface area contributed by atoms with E-state index in [0.717, 1.165) is 27.2 Å². The van der Waals surface area contributed by atoms with Crippen molar-refractivity contribution in [1.82, 2.24) is 4.57 Å². The molecule has 0 aliphatic carbocycles. The van der Waals surface area contributed by atoms with Gasteiger partial charge in [0.15, 0.2) is 0 Å². The molecular formula is C21H16N3NaO. The fourth-order valence-corrected chi connectivity index (χ4v) is 3.28. The van der Waals surface area contributed by atoms with Gasteiger partial charge < -0.3 is 15.1 Å². The number of nitrogens with zero attached hydrogens (tertiary/aromatic N) is 1. The third-order valence-electron chi connectivity index (χ3n) is 4.53. The summed E-state index contributed by atoms with van der Waals surface area (Å²) in [6, 6.07) is 21.7. The molecule has 0 saturated heterocycles. The van der Waals surface area contributed by atoms with Crippen LogP contribution in [0.5, 0.6) is 0 Å². The van der Waals surface area contributed by atoms with Crippen molar-refractivity contribution in [2.45, 2.75) is 6.54 Å². The summed E-state index contributed by atoms with van der Waals surface area (Å²) in [7, 11) is 0. The predicted octanol–water partition coefficient (Wildman–Crippen LogP) is 0.589. The second-order valence-electron chi connectivity index (χ2n) is 6.04. The van der Waals surface area contributed by atoms with E-state index in [9.17, 15) is 4.79 Å². The van der Waals surface area contributed by atoms with Gasteiger partial charge in [-0.1, -0.05) is 65.7 Å². The van der Waals surface area contributed by atoms with E-state index in [1.807, 2.05) is 47.3 Å². The number of benzene rings is 3. The molecule has 0 spiro atoms. The summed E-state index contributed by atoms with van der Waals surface area (Å²) in [5.74, 6) is 0.0106. The maximum atomic E-state index is 11.5. The molecule has 0 fully saturated rings. The Labute approximate surface area is 173 Å². The van der Waals surface area contributed by atoms with Gasteiger partial charge in [0.25, 0.3) is 0 Å². The van der Waals surface area contributed by atoms with Gasteiger partial charge in [-0.3, -0.25) is 5.41 Å². The Bertz CT molecular complexity index is 1130. The van der Waals surface area contributed by atoms with E-state index in [0.29, 0.717) is 17.8 Å². The van der Waals surface area contributed by atoms with Crippen molar-refractivity contribution in [3.63, 3.8) is 0 Å². The van der Waals surface area contributed by atoms with Crippen molar-refractivity contribution in [2.75, 3.05) is 0 Å². The monoisotopic (exact) mass is 349 g/mol. The fraction of sp³-hybridized carbons (Fsp3) is 0.0476. The van der Waals surface area contributed by atoms with E-state index in [1.54, 1.807) is 6.07 Å². The minimum Gasteiger partial charge on any atom is -0.417 e. The van der Waals surface area contributed by atoms with Gasteiger partial charge in [-0.25, -0.2) is 0 Å². The van der Waals surface area contributed by atoms with Gasteiger partial charge in [0.05, 0.1) is 0 Å². The number of nitrogens with two attached hydrogens (primary N) is 1. The van der Waals surface area contributed by atoms with Crippen LogP contribution in [0.3, 0.4) is 0 Å². The Kier molecular flexibility index (Phi) is 5.28. The van der Waals surface area contributed by atoms with Crippen LogP contribution in [0.4, 0.5) is 0 Å². The van der Waals surface area contributed by atoms with Gasteiger partial charge >= 0.3 is 29.6 Å². The molecule has 0 bridgehead atoms. The molecule has 1 aromatic heterocycles. The summed E-state index contributed by atoms with van der Waals surface area (Å²) in [5, 5.41) is 10.9. The summed E-state index contributed by atoms with van der Waals surface area (Å²) < 4.78 is 1.93. The molecule has 122 valence electrons. The van der Waals surface area contributed by atoms with Gasteiger partial charge in [-0.15, -0.1) is 0 Å². The maximum absolute atomic E-state index is 11.5. The van der Waals surface area contributed by atoms with Crippen molar-refractivity contribution in [1.29, 1.82) is 5.41 Å². The molecule has 4 aromatic rings. The first kappa shape index (κ1) is 18.4. The molecule has 0 aliphatic rings. The van der Waals surface area contributed by atoms with Gasteiger partial charge in [0.2, 0.25) is 0 Å². The minimum absolute atomic E-state index is 0. The molecule has 3 aromatic carbocycles. The number of rotatable bonds is 4. The first-order valence-electron chi connectivity index (χ1n) is 8.00. The second kappa shape index (κ2) is 7.46. The molecule has 5 heteroatoms. The molecule has 26 heavy (non-hydrogen) atoms. The number of amidine groups is 1. The number of nitrogens with one attached hydrogen (secondary N) is 1. The van der Waals surface area contributed by atoms with Crippen LogP contribution in [0.15, 0.2) is 66.7 Å². The zero-order valence-corrected chi connectivity index (χ0v) is 16.5. The Morgan fingerprint density at radius 1 is 1.00 bits per heavy atom. The van der Waals surface area contributed by atoms with Crippen LogP contribution >= 0.6 is 0 Å². The van der Waals surface area contributed by atoms with Crippen LogP contribution in [0.2, 0.25) is 0 Å². The Hall–Kier alpha value is -2.40. The quantitative estimate of drug-likeness (QED) is 0.245. The molecular weight excluding hydrogens is 333 g/mol. The molecule has 1 heterocycles. The smallest absolute Gasteiger partial charge is 0.417 e. The predicted molar refractivity (Wildman–Crippen MR) is 101 cm³/mol. The van der Waals surface area contributed by atoms with Crippen LogP contribution in [-0.4, -0.2) is 16.7 Å². The van der Waals surface area contributed by atoms with E-state index in [2.05, 4.69) is 24.3 Å². The zero-order valence-electron chi connectivity index (χ0n) is 14.5. The van der Waals surface area contributed by atoms with E-state index in [1.165, 1.54) is 0 Å². The molecule has 0 atom stereocenters. The van der Waals surface area contributed by atoms with Crippen molar-refractivity contribution >= 4 is 33.8 Å². The van der Waals surface area contributed by atoms with E-state index < -0.39 is 0 Å². The zero-order chi connectivity index (χ0) is 17.4. The van der Waals surface area contributed by atoms with E-state index >= 15 is 0 Å². The van der Waals surface area contributed by atoms with E-state index in [4.69, 9.17) is 11.1 Å². The molecule has 3 N–H and O–H groups in total. The van der Waals surface area contributed by atoms with Gasteiger partial charge in [0.1, 0.15) is 5.84 Å². The van der Waals surface area contributed by atoms with Crippen molar-refractivity contribution in [3.8, 4) is 0 Å². The molecule has 0 amide bonds. The summed E-state index contributed by atoms with van der Waals surface area (Å²) in [5.41, 5.74) is 8.75. The van der Waals surface area contributed by atoms with Gasteiger partial charge in [0, 0.05) is 23.9 Å². The standard InChI is InChI=1S/C21H16N3O.Na/c22-21(23)16-9-8-15-10-18(13-25)24(20(15)11-16)12-17-6-3-5-14-4-1-2-7-19(14)17;/h1-11H,12H2,(H3,22,23);/q-1;+1. The van der Waals surface area contributed by atoms with Crippen LogP contribution in [-0.2, 0) is 11.3 Å². The topological polar surface area (TPSA) is 71.9 Å². The van der Waals surface area contributed by atoms with Crippen LogP contribution in [0.1, 0.15) is 16.8 Å². The molecule has 0 saturated carbocycles. The summed E-state index contributed by atoms with van der Waals surface area (Å²) in [4.78, 5) is 11.5. The Balaban J connectivity index is 0.00000196.